The largest absolute Gasteiger partial charge is 0.497 e. The number of carbonyl (C=O) groups is 17. The smallest absolute Gasteiger partial charge is 0.246 e. The molecule has 0 saturated carbocycles. The van der Waals surface area contributed by atoms with Gasteiger partial charge in [0, 0.05) is 78.6 Å². The Labute approximate surface area is 749 Å². The van der Waals surface area contributed by atoms with Crippen molar-refractivity contribution >= 4 is 147 Å². The molecule has 0 radical (unpaired) electrons. The van der Waals surface area contributed by atoms with E-state index in [1.54, 1.807) is 92.8 Å². The van der Waals surface area contributed by atoms with Crippen molar-refractivity contribution in [2.75, 3.05) is 26.7 Å². The number of H-pyrrole nitrogens is 1. The van der Waals surface area contributed by atoms with E-state index in [0.717, 1.165) is 43.4 Å². The second-order valence-electron chi connectivity index (χ2n) is 32.9. The summed E-state index contributed by atoms with van der Waals surface area (Å²) in [4.78, 5) is 240. The van der Waals surface area contributed by atoms with Gasteiger partial charge in [0.2, 0.25) is 100 Å². The SMILES string of the molecule is CCCCCCCC(=O)N[C@H](C(=O)N[C@@H](CCC(N)=O)C(=O)N[C@H](C(=O)N[C@@H](Cc1c[nH]c2ccccc12)C(=O)N[C@@H](CCC(N)=O)C(=O)N[C@H](C(=O)N[C@@H](Cc1ccc(OC)cc1)C(=O)N[C@@H](Cc1ccc2ccccc2c1)C(=O)N[C@@](C)(CCCCN)C(=O)N[C@@H](CCCCNC(C)=O)C(=O)N[C@@H](CC(N)=O)C(=O)NCC(N)=O)C(C)(C)S)[C@@H](C)O)C(C)(C)S. The number of fused-ring (bicyclic) bond motifs is 2. The van der Waals surface area contributed by atoms with Gasteiger partial charge in [-0.2, -0.15) is 25.3 Å². The second kappa shape index (κ2) is 51.6. The molecule has 0 unspecified atom stereocenters. The Hall–Kier alpha value is -11.9. The standard InChI is InChI=1S/C87H127N19O19S2/c1-10-11-12-13-14-28-70(113)103-72(85(4,5)126)82(122)97-60(35-37-66(89)109)76(116)104-71(49(2)107)81(121)100-64(45-55-47-94-58-26-18-17-25-57(55)58)79(119)96-61(36-38-67(90)110)77(117)105-73(86(6,7)127)83(123)101-62(43-51-30-33-56(125-9)34-31-51)78(118)98-63(44-52-29-32-53-23-15-16-24-54(53)42-52)80(120)106-87(8,39-20-21-40-88)84(124)102-59(27-19-22-41-93-50(3)108)75(115)99-65(46-68(91)111)74(114)95-48-69(92)112/h15-18,23-26,29-34,42,47,49,59-65,71-73,94,107,126-127H,10-14,19-22,27-28,35-41,43-46,48,88H2,1-9H3,(H2,89,109)(H2,90,110)(H2,91,111)(H2,92,112)(H,93,108)(H,95,114)(H,96,119)(H,97,122)(H,98,118)(H,99,115)(H,100,121)(H,101,123)(H,102,124)(H,103,113)(H,104,116)(H,105,117)(H,106,120)/t49-,59+,60+,61+,62+,63+,64+,65+,71+,72-,73-,87+/m1/s1. The number of amides is 17. The molecule has 0 saturated heterocycles. The first kappa shape index (κ1) is 106. The van der Waals surface area contributed by atoms with Gasteiger partial charge in [-0.25, -0.2) is 0 Å². The normalized spacial score (nSPS) is 14.5. The fourth-order valence-corrected chi connectivity index (χ4v) is 14.2. The van der Waals surface area contributed by atoms with Crippen LogP contribution < -0.4 is 103 Å². The van der Waals surface area contributed by atoms with Crippen LogP contribution in [0.15, 0.2) is 97.2 Å². The third kappa shape index (κ3) is 36.2. The summed E-state index contributed by atoms with van der Waals surface area (Å²) < 4.78 is 2.58. The number of ether oxygens (including phenoxy) is 1. The fraction of sp³-hybridized carbons (Fsp3) is 0.529. The van der Waals surface area contributed by atoms with E-state index in [1.165, 1.54) is 34.8 Å². The van der Waals surface area contributed by atoms with E-state index >= 15 is 28.8 Å². The van der Waals surface area contributed by atoms with Gasteiger partial charge >= 0.3 is 0 Å². The molecule has 0 fully saturated rings. The lowest BCUT2D eigenvalue weighted by Gasteiger charge is -2.34. The third-order valence-electron chi connectivity index (χ3n) is 21.0. The van der Waals surface area contributed by atoms with Gasteiger partial charge in [0.1, 0.15) is 71.7 Å². The fourth-order valence-electron chi connectivity index (χ4n) is 13.8. The minimum Gasteiger partial charge on any atom is -0.497 e. The number of benzene rings is 4. The number of unbranched alkanes of at least 4 members (excludes halogenated alkanes) is 6. The maximum Gasteiger partial charge on any atom is 0.246 e. The number of para-hydroxylation sites is 1. The zero-order chi connectivity index (χ0) is 94.5. The van der Waals surface area contributed by atoms with E-state index < -0.39 is 215 Å². The number of nitrogens with two attached hydrogens (primary N) is 5. The summed E-state index contributed by atoms with van der Waals surface area (Å²) in [7, 11) is 1.43. The lowest BCUT2D eigenvalue weighted by atomic mass is 9.91. The van der Waals surface area contributed by atoms with E-state index in [0.29, 0.717) is 46.2 Å². The zero-order valence-electron chi connectivity index (χ0n) is 73.4. The molecule has 5 aromatic rings. The predicted molar refractivity (Wildman–Crippen MR) is 482 cm³/mol. The summed E-state index contributed by atoms with van der Waals surface area (Å²) in [5, 5.41) is 47.2. The van der Waals surface area contributed by atoms with Crippen LogP contribution in [-0.4, -0.2) is 219 Å². The number of hydrogen-bond acceptors (Lipinski definition) is 22. The first-order chi connectivity index (χ1) is 59.9. The maximum atomic E-state index is 15.6. The number of aliphatic hydroxyl groups is 1. The van der Waals surface area contributed by atoms with Gasteiger partial charge in [0.15, 0.2) is 0 Å². The van der Waals surface area contributed by atoms with Gasteiger partial charge in [-0.1, -0.05) is 105 Å². The summed E-state index contributed by atoms with van der Waals surface area (Å²) in [6, 6.07) is 9.09. The Balaban J connectivity index is 1.54. The molecule has 696 valence electrons. The Morgan fingerprint density at radius 2 is 0.984 bits per heavy atom. The molecule has 40 heteroatoms. The molecule has 0 aliphatic rings. The van der Waals surface area contributed by atoms with Crippen LogP contribution in [0.5, 0.6) is 5.75 Å². The lowest BCUT2D eigenvalue weighted by molar-refractivity contribution is -0.138. The van der Waals surface area contributed by atoms with Gasteiger partial charge in [0.25, 0.3) is 0 Å². The van der Waals surface area contributed by atoms with E-state index in [4.69, 9.17) is 46.0 Å². The Kier molecular flexibility index (Phi) is 43.0. The van der Waals surface area contributed by atoms with Crippen LogP contribution >= 0.6 is 25.3 Å². The summed E-state index contributed by atoms with van der Waals surface area (Å²) >= 11 is 9.34. The Morgan fingerprint density at radius 1 is 0.472 bits per heavy atom. The lowest BCUT2D eigenvalue weighted by Crippen LogP contribution is -2.65. The maximum absolute atomic E-state index is 15.6. The molecular formula is C87H127N19O19S2. The molecule has 5 rings (SSSR count). The van der Waals surface area contributed by atoms with Crippen LogP contribution in [0, 0.1) is 0 Å². The highest BCUT2D eigenvalue weighted by atomic mass is 32.1. The molecule has 25 N–H and O–H groups in total. The molecule has 1 aromatic heterocycles. The van der Waals surface area contributed by atoms with Crippen LogP contribution in [0.2, 0.25) is 0 Å². The Bertz CT molecular complexity index is 4650. The monoisotopic (exact) mass is 1810 g/mol. The van der Waals surface area contributed by atoms with Crippen molar-refractivity contribution in [3.63, 3.8) is 0 Å². The van der Waals surface area contributed by atoms with Crippen LogP contribution in [-0.2, 0) is 101 Å². The number of aromatic nitrogens is 1. The molecule has 0 aliphatic heterocycles. The molecule has 17 amide bonds. The van der Waals surface area contributed by atoms with Crippen molar-refractivity contribution in [2.45, 2.75) is 265 Å². The van der Waals surface area contributed by atoms with Crippen molar-refractivity contribution in [1.82, 2.24) is 74.1 Å². The number of thiol groups is 2. The number of hydrogen-bond donors (Lipinski definition) is 22. The quantitative estimate of drug-likeness (QED) is 0.0175. The molecule has 38 nitrogen and oxygen atoms in total. The van der Waals surface area contributed by atoms with Crippen LogP contribution in [0.4, 0.5) is 0 Å². The zero-order valence-corrected chi connectivity index (χ0v) is 75.2. The van der Waals surface area contributed by atoms with Crippen LogP contribution in [0.25, 0.3) is 21.7 Å². The van der Waals surface area contributed by atoms with Gasteiger partial charge in [0.05, 0.1) is 26.2 Å². The molecule has 0 bridgehead atoms. The Morgan fingerprint density at radius 3 is 1.57 bits per heavy atom. The molecule has 0 spiro atoms. The molecular weight excluding hydrogens is 1680 g/mol. The van der Waals surface area contributed by atoms with E-state index in [-0.39, 0.29) is 76.8 Å². The van der Waals surface area contributed by atoms with E-state index in [2.05, 4.69) is 86.7 Å². The summed E-state index contributed by atoms with van der Waals surface area (Å²) in [5.74, 6) is -15.6. The van der Waals surface area contributed by atoms with Crippen LogP contribution in [0.1, 0.15) is 181 Å². The summed E-state index contributed by atoms with van der Waals surface area (Å²) in [5.41, 5.74) is 27.8. The van der Waals surface area contributed by atoms with E-state index in [9.17, 15) is 57.8 Å². The molecule has 0 aliphatic carbocycles. The number of primary amides is 4. The minimum atomic E-state index is -1.98. The topological polar surface area (TPSA) is 622 Å². The van der Waals surface area contributed by atoms with Crippen molar-refractivity contribution < 1.29 is 91.4 Å². The van der Waals surface area contributed by atoms with Gasteiger partial charge in [-0.05, 0) is 152 Å². The average molecular weight is 1810 g/mol. The number of nitrogens with one attached hydrogen (secondary N) is 14. The number of aromatic amines is 1. The number of methoxy groups -OCH3 is 1. The van der Waals surface area contributed by atoms with Gasteiger partial charge in [-0.15, -0.1) is 0 Å². The minimum absolute atomic E-state index is 0.0862. The molecule has 12 atom stereocenters. The van der Waals surface area contributed by atoms with E-state index in [1.807, 2.05) is 25.1 Å². The second-order valence-corrected chi connectivity index (χ2v) is 35.3. The molecule has 127 heavy (non-hydrogen) atoms. The van der Waals surface area contributed by atoms with Gasteiger partial charge < -0.3 is 113 Å². The van der Waals surface area contributed by atoms with Crippen molar-refractivity contribution in [1.29, 1.82) is 0 Å². The third-order valence-corrected chi connectivity index (χ3v) is 21.5. The van der Waals surface area contributed by atoms with Crippen molar-refractivity contribution in [3.05, 3.63) is 114 Å². The summed E-state index contributed by atoms with van der Waals surface area (Å²) in [6.45, 7) is 11.5. The molecule has 4 aromatic carbocycles. The number of rotatable bonds is 57. The molecule has 1 heterocycles. The average Bonchev–Trinajstić information content (AvgIpc) is 1.79. The van der Waals surface area contributed by atoms with Crippen molar-refractivity contribution in [3.8, 4) is 5.75 Å². The first-order valence-corrected chi connectivity index (χ1v) is 43.3. The first-order valence-electron chi connectivity index (χ1n) is 42.4. The predicted octanol–water partition coefficient (Wildman–Crippen LogP) is -0.318. The summed E-state index contributed by atoms with van der Waals surface area (Å²) in [6.07, 6.45) is 0.962. The highest BCUT2D eigenvalue weighted by Gasteiger charge is 2.44. The highest BCUT2D eigenvalue weighted by molar-refractivity contribution is 7.82. The number of carbonyl (C=O) groups excluding carboxylic acids is 17. The highest BCUT2D eigenvalue weighted by Crippen LogP contribution is 2.26. The van der Waals surface area contributed by atoms with Gasteiger partial charge in [-0.3, -0.25) is 81.5 Å². The van der Waals surface area contributed by atoms with Crippen molar-refractivity contribution in [2.24, 2.45) is 28.7 Å². The number of aliphatic hydroxyl groups excluding tert-OH is 1. The van der Waals surface area contributed by atoms with Crippen LogP contribution in [0.3, 0.4) is 0 Å².